The molecule has 0 fully saturated rings. The number of fused-ring (bicyclic) bond motifs is 1. The van der Waals surface area contributed by atoms with Crippen LogP contribution < -0.4 is 10.1 Å². The maximum Gasteiger partial charge on any atom is 0.127 e. The molecule has 0 heterocycles. The van der Waals surface area contributed by atoms with E-state index in [1.54, 1.807) is 0 Å². The van der Waals surface area contributed by atoms with E-state index in [4.69, 9.17) is 4.74 Å². The number of hydrogen-bond donors (Lipinski definition) is 1. The summed E-state index contributed by atoms with van der Waals surface area (Å²) < 4.78 is 6.05. The van der Waals surface area contributed by atoms with Crippen LogP contribution in [0.2, 0.25) is 0 Å². The molecular weight excluding hydrogens is 258 g/mol. The van der Waals surface area contributed by atoms with Crippen molar-refractivity contribution in [2.75, 3.05) is 7.05 Å². The number of rotatable bonds is 4. The molecule has 110 valence electrons. The zero-order valence-corrected chi connectivity index (χ0v) is 12.9. The first-order valence-corrected chi connectivity index (χ1v) is 7.83. The Hall–Kier alpha value is -1.80. The lowest BCUT2D eigenvalue weighted by molar-refractivity contribution is 0.478. The zero-order valence-electron chi connectivity index (χ0n) is 12.9. The average Bonchev–Trinajstić information content (AvgIpc) is 2.54. The molecule has 0 bridgehead atoms. The second-order valence-electron chi connectivity index (χ2n) is 5.82. The Balaban J connectivity index is 1.80. The van der Waals surface area contributed by atoms with Crippen LogP contribution in [0.3, 0.4) is 0 Å². The van der Waals surface area contributed by atoms with E-state index in [2.05, 4.69) is 48.6 Å². The molecule has 0 radical (unpaired) electrons. The van der Waals surface area contributed by atoms with Gasteiger partial charge in [0.1, 0.15) is 11.5 Å². The predicted molar refractivity (Wildman–Crippen MR) is 87.1 cm³/mol. The van der Waals surface area contributed by atoms with Gasteiger partial charge >= 0.3 is 0 Å². The van der Waals surface area contributed by atoms with Crippen molar-refractivity contribution >= 4 is 0 Å². The standard InChI is InChI=1S/C19H23NO/c1-14(20-2)16-8-5-9-18(12-16)21-19-11-10-15-6-3-4-7-17(15)13-19/h5,8-14,20H,3-4,6-7H2,1-2H3. The van der Waals surface area contributed by atoms with Gasteiger partial charge in [0.15, 0.2) is 0 Å². The van der Waals surface area contributed by atoms with Crippen LogP contribution in [0.1, 0.15) is 42.5 Å². The highest BCUT2D eigenvalue weighted by Crippen LogP contribution is 2.29. The van der Waals surface area contributed by atoms with Gasteiger partial charge in [0, 0.05) is 6.04 Å². The van der Waals surface area contributed by atoms with E-state index in [1.165, 1.54) is 42.4 Å². The van der Waals surface area contributed by atoms with Gasteiger partial charge in [0.05, 0.1) is 0 Å². The zero-order chi connectivity index (χ0) is 14.7. The number of hydrogen-bond acceptors (Lipinski definition) is 2. The van der Waals surface area contributed by atoms with Gasteiger partial charge in [-0.15, -0.1) is 0 Å². The van der Waals surface area contributed by atoms with Crippen molar-refractivity contribution in [1.82, 2.24) is 5.32 Å². The molecule has 2 aromatic rings. The Kier molecular flexibility index (Phi) is 4.26. The molecule has 0 saturated heterocycles. The van der Waals surface area contributed by atoms with Gasteiger partial charge in [0.2, 0.25) is 0 Å². The van der Waals surface area contributed by atoms with Gasteiger partial charge < -0.3 is 10.1 Å². The molecule has 0 amide bonds. The summed E-state index contributed by atoms with van der Waals surface area (Å²) in [4.78, 5) is 0. The first-order valence-electron chi connectivity index (χ1n) is 7.83. The quantitative estimate of drug-likeness (QED) is 0.881. The third-order valence-electron chi connectivity index (χ3n) is 4.35. The van der Waals surface area contributed by atoms with Crippen LogP contribution in [0, 0.1) is 0 Å². The summed E-state index contributed by atoms with van der Waals surface area (Å²) in [7, 11) is 1.97. The van der Waals surface area contributed by atoms with Crippen molar-refractivity contribution in [1.29, 1.82) is 0 Å². The summed E-state index contributed by atoms with van der Waals surface area (Å²) in [5, 5.41) is 3.26. The third kappa shape index (κ3) is 3.27. The molecule has 0 saturated carbocycles. The maximum atomic E-state index is 6.05. The van der Waals surface area contributed by atoms with Gasteiger partial charge in [-0.2, -0.15) is 0 Å². The van der Waals surface area contributed by atoms with Crippen LogP contribution in [0.25, 0.3) is 0 Å². The second-order valence-corrected chi connectivity index (χ2v) is 5.82. The SMILES string of the molecule is CNC(C)c1cccc(Oc2ccc3c(c2)CCCC3)c1. The highest BCUT2D eigenvalue weighted by Gasteiger charge is 2.10. The van der Waals surface area contributed by atoms with E-state index in [0.717, 1.165) is 11.5 Å². The fourth-order valence-electron chi connectivity index (χ4n) is 2.92. The van der Waals surface area contributed by atoms with Gasteiger partial charge in [-0.1, -0.05) is 18.2 Å². The topological polar surface area (TPSA) is 21.3 Å². The fourth-order valence-corrected chi connectivity index (χ4v) is 2.92. The molecule has 2 heteroatoms. The van der Waals surface area contributed by atoms with Crippen LogP contribution in [-0.2, 0) is 12.8 Å². The van der Waals surface area contributed by atoms with Crippen LogP contribution >= 0.6 is 0 Å². The van der Waals surface area contributed by atoms with Gasteiger partial charge in [0.25, 0.3) is 0 Å². The Morgan fingerprint density at radius 3 is 2.52 bits per heavy atom. The van der Waals surface area contributed by atoms with E-state index >= 15 is 0 Å². The Labute approximate surface area is 127 Å². The van der Waals surface area contributed by atoms with E-state index in [0.29, 0.717) is 6.04 Å². The number of nitrogens with one attached hydrogen (secondary N) is 1. The van der Waals surface area contributed by atoms with Crippen molar-refractivity contribution in [2.45, 2.75) is 38.6 Å². The van der Waals surface area contributed by atoms with E-state index in [9.17, 15) is 0 Å². The molecular formula is C19H23NO. The summed E-state index contributed by atoms with van der Waals surface area (Å²) in [5.74, 6) is 1.86. The lowest BCUT2D eigenvalue weighted by Gasteiger charge is -2.17. The molecule has 3 rings (SSSR count). The minimum absolute atomic E-state index is 0.331. The van der Waals surface area contributed by atoms with Gasteiger partial charge in [-0.25, -0.2) is 0 Å². The molecule has 1 aliphatic carbocycles. The third-order valence-corrected chi connectivity index (χ3v) is 4.35. The number of aryl methyl sites for hydroxylation is 2. The highest BCUT2D eigenvalue weighted by molar-refractivity contribution is 5.40. The normalized spacial score (nSPS) is 15.3. The molecule has 1 N–H and O–H groups in total. The van der Waals surface area contributed by atoms with Crippen molar-refractivity contribution < 1.29 is 4.74 Å². The molecule has 2 nitrogen and oxygen atoms in total. The van der Waals surface area contributed by atoms with Crippen molar-refractivity contribution in [3.05, 3.63) is 59.2 Å². The smallest absolute Gasteiger partial charge is 0.127 e. The van der Waals surface area contributed by atoms with Crippen LogP contribution in [0.5, 0.6) is 11.5 Å². The van der Waals surface area contributed by atoms with Crippen LogP contribution in [0.15, 0.2) is 42.5 Å². The summed E-state index contributed by atoms with van der Waals surface area (Å²) >= 11 is 0. The van der Waals surface area contributed by atoms with Crippen LogP contribution in [0.4, 0.5) is 0 Å². The molecule has 0 spiro atoms. The maximum absolute atomic E-state index is 6.05. The summed E-state index contributed by atoms with van der Waals surface area (Å²) in [5.41, 5.74) is 4.19. The summed E-state index contributed by atoms with van der Waals surface area (Å²) in [6, 6.07) is 15.2. The monoisotopic (exact) mass is 281 g/mol. The minimum Gasteiger partial charge on any atom is -0.457 e. The predicted octanol–water partition coefficient (Wildman–Crippen LogP) is 4.64. The molecule has 1 atom stereocenters. The molecule has 0 aromatic heterocycles. The lowest BCUT2D eigenvalue weighted by Crippen LogP contribution is -2.12. The Bertz CT molecular complexity index is 621. The van der Waals surface area contributed by atoms with Gasteiger partial charge in [-0.05, 0) is 80.6 Å². The van der Waals surface area contributed by atoms with Crippen molar-refractivity contribution in [3.8, 4) is 11.5 Å². The number of ether oxygens (including phenoxy) is 1. The molecule has 2 aromatic carbocycles. The Morgan fingerprint density at radius 1 is 0.952 bits per heavy atom. The van der Waals surface area contributed by atoms with E-state index in [1.807, 2.05) is 13.1 Å². The van der Waals surface area contributed by atoms with Crippen LogP contribution in [-0.4, -0.2) is 7.05 Å². The largest absolute Gasteiger partial charge is 0.457 e. The summed E-state index contributed by atoms with van der Waals surface area (Å²) in [6.07, 6.45) is 5.01. The first kappa shape index (κ1) is 14.2. The minimum atomic E-state index is 0.331. The fraction of sp³-hybridized carbons (Fsp3) is 0.368. The summed E-state index contributed by atoms with van der Waals surface area (Å²) in [6.45, 7) is 2.15. The number of benzene rings is 2. The van der Waals surface area contributed by atoms with E-state index in [-0.39, 0.29) is 0 Å². The highest BCUT2D eigenvalue weighted by atomic mass is 16.5. The Morgan fingerprint density at radius 2 is 1.71 bits per heavy atom. The first-order chi connectivity index (χ1) is 10.3. The molecule has 1 unspecified atom stereocenters. The van der Waals surface area contributed by atoms with E-state index < -0.39 is 0 Å². The van der Waals surface area contributed by atoms with Crippen molar-refractivity contribution in [2.24, 2.45) is 0 Å². The molecule has 1 aliphatic rings. The second kappa shape index (κ2) is 6.31. The molecule has 0 aliphatic heterocycles. The average molecular weight is 281 g/mol. The van der Waals surface area contributed by atoms with Gasteiger partial charge in [-0.3, -0.25) is 0 Å². The molecule has 21 heavy (non-hydrogen) atoms. The lowest BCUT2D eigenvalue weighted by atomic mass is 9.92. The van der Waals surface area contributed by atoms with Crippen molar-refractivity contribution in [3.63, 3.8) is 0 Å².